The van der Waals surface area contributed by atoms with Crippen LogP contribution < -0.4 is 0 Å². The molecule has 0 aliphatic carbocycles. The Labute approximate surface area is 152 Å². The fraction of sp³-hybridized carbons (Fsp3) is 0.316. The van der Waals surface area contributed by atoms with Crippen molar-refractivity contribution in [3.63, 3.8) is 0 Å². The number of carbonyl (C=O) groups is 1. The first-order valence-electron chi connectivity index (χ1n) is 8.03. The second kappa shape index (κ2) is 8.67. The van der Waals surface area contributed by atoms with Crippen molar-refractivity contribution in [2.75, 3.05) is 12.8 Å². The first-order chi connectivity index (χ1) is 11.9. The van der Waals surface area contributed by atoms with Crippen LogP contribution in [0.15, 0.2) is 48.5 Å². The van der Waals surface area contributed by atoms with Gasteiger partial charge in [0.1, 0.15) is 0 Å². The molecule has 0 spiro atoms. The van der Waals surface area contributed by atoms with Crippen molar-refractivity contribution in [2.24, 2.45) is 0 Å². The Balaban J connectivity index is 1.91. The summed E-state index contributed by atoms with van der Waals surface area (Å²) in [6, 6.07) is 14.6. The van der Waals surface area contributed by atoms with Gasteiger partial charge in [0.05, 0.1) is 10.7 Å². The zero-order valence-electron chi connectivity index (χ0n) is 14.6. The van der Waals surface area contributed by atoms with E-state index in [2.05, 4.69) is 0 Å². The van der Waals surface area contributed by atoms with Crippen molar-refractivity contribution >= 4 is 23.4 Å². The number of nitrogens with zero attached hydrogens (tertiary/aromatic N) is 2. The van der Waals surface area contributed by atoms with E-state index in [0.717, 1.165) is 11.1 Å². The molecule has 0 aliphatic heterocycles. The SMILES string of the molecule is Cc1ccccc1CN(C)C(=O)CS[C@H](C)c1cccc([N+](=O)[O-])c1. The van der Waals surface area contributed by atoms with Crippen LogP contribution in [0.2, 0.25) is 0 Å². The van der Waals surface area contributed by atoms with Crippen LogP contribution in [0, 0.1) is 17.0 Å². The molecule has 0 bridgehead atoms. The molecular weight excluding hydrogens is 336 g/mol. The zero-order valence-corrected chi connectivity index (χ0v) is 15.5. The van der Waals surface area contributed by atoms with Gasteiger partial charge in [0.15, 0.2) is 0 Å². The Bertz CT molecular complexity index is 764. The predicted octanol–water partition coefficient (Wildman–Crippen LogP) is 4.36. The van der Waals surface area contributed by atoms with E-state index in [4.69, 9.17) is 0 Å². The fourth-order valence-electron chi connectivity index (χ4n) is 2.43. The average Bonchev–Trinajstić information content (AvgIpc) is 2.61. The van der Waals surface area contributed by atoms with Crippen LogP contribution in [0.3, 0.4) is 0 Å². The molecule has 0 unspecified atom stereocenters. The zero-order chi connectivity index (χ0) is 18.4. The van der Waals surface area contributed by atoms with Gasteiger partial charge < -0.3 is 4.90 Å². The largest absolute Gasteiger partial charge is 0.341 e. The number of amides is 1. The maximum absolute atomic E-state index is 12.4. The summed E-state index contributed by atoms with van der Waals surface area (Å²) < 4.78 is 0. The number of hydrogen-bond donors (Lipinski definition) is 0. The minimum absolute atomic E-state index is 0.00992. The summed E-state index contributed by atoms with van der Waals surface area (Å²) in [5.41, 5.74) is 3.23. The Kier molecular flexibility index (Phi) is 6.58. The molecule has 25 heavy (non-hydrogen) atoms. The third-order valence-electron chi connectivity index (χ3n) is 4.10. The summed E-state index contributed by atoms with van der Waals surface area (Å²) in [6.45, 7) is 4.57. The lowest BCUT2D eigenvalue weighted by molar-refractivity contribution is -0.384. The number of nitro groups is 1. The molecule has 0 aromatic heterocycles. The first-order valence-corrected chi connectivity index (χ1v) is 9.07. The highest BCUT2D eigenvalue weighted by Gasteiger charge is 2.15. The molecule has 0 radical (unpaired) electrons. The molecule has 2 aromatic carbocycles. The molecule has 0 heterocycles. The quantitative estimate of drug-likeness (QED) is 0.545. The number of aryl methyl sites for hydroxylation is 1. The first kappa shape index (κ1) is 19.0. The summed E-state index contributed by atoms with van der Waals surface area (Å²) in [5.74, 6) is 0.386. The van der Waals surface area contributed by atoms with Gasteiger partial charge in [-0.25, -0.2) is 0 Å². The molecule has 1 atom stereocenters. The van der Waals surface area contributed by atoms with Crippen LogP contribution in [-0.4, -0.2) is 28.5 Å². The van der Waals surface area contributed by atoms with Crippen LogP contribution >= 0.6 is 11.8 Å². The van der Waals surface area contributed by atoms with Gasteiger partial charge in [0.2, 0.25) is 5.91 Å². The Morgan fingerprint density at radius 1 is 1.24 bits per heavy atom. The maximum atomic E-state index is 12.4. The van der Waals surface area contributed by atoms with Gasteiger partial charge in [-0.2, -0.15) is 0 Å². The van der Waals surface area contributed by atoms with Crippen LogP contribution in [0.25, 0.3) is 0 Å². The highest BCUT2D eigenvalue weighted by atomic mass is 32.2. The molecular formula is C19H22N2O3S. The van der Waals surface area contributed by atoms with E-state index < -0.39 is 4.92 Å². The van der Waals surface area contributed by atoms with E-state index in [1.807, 2.05) is 44.2 Å². The molecule has 132 valence electrons. The van der Waals surface area contributed by atoms with Gasteiger partial charge in [-0.1, -0.05) is 36.4 Å². The van der Waals surface area contributed by atoms with Crippen LogP contribution in [0.4, 0.5) is 5.69 Å². The summed E-state index contributed by atoms with van der Waals surface area (Å²) in [6.07, 6.45) is 0. The van der Waals surface area contributed by atoms with Gasteiger partial charge in [-0.15, -0.1) is 11.8 Å². The van der Waals surface area contributed by atoms with Crippen LogP contribution in [-0.2, 0) is 11.3 Å². The topological polar surface area (TPSA) is 63.5 Å². The van der Waals surface area contributed by atoms with Crippen molar-refractivity contribution in [3.8, 4) is 0 Å². The average molecular weight is 358 g/mol. The Morgan fingerprint density at radius 3 is 2.64 bits per heavy atom. The van der Waals surface area contributed by atoms with Gasteiger partial charge in [-0.05, 0) is 30.5 Å². The third-order valence-corrected chi connectivity index (χ3v) is 5.29. The minimum atomic E-state index is -0.401. The lowest BCUT2D eigenvalue weighted by Gasteiger charge is -2.19. The van der Waals surface area contributed by atoms with E-state index in [-0.39, 0.29) is 16.8 Å². The lowest BCUT2D eigenvalue weighted by atomic mass is 10.1. The highest BCUT2D eigenvalue weighted by molar-refractivity contribution is 8.00. The fourth-order valence-corrected chi connectivity index (χ4v) is 3.38. The second-order valence-corrected chi connectivity index (χ2v) is 7.31. The van der Waals surface area contributed by atoms with E-state index in [9.17, 15) is 14.9 Å². The molecule has 0 saturated heterocycles. The second-order valence-electron chi connectivity index (χ2n) is 5.98. The van der Waals surface area contributed by atoms with E-state index in [1.54, 1.807) is 24.1 Å². The van der Waals surface area contributed by atoms with Crippen molar-refractivity contribution in [3.05, 3.63) is 75.3 Å². The summed E-state index contributed by atoms with van der Waals surface area (Å²) in [5, 5.41) is 10.9. The number of non-ortho nitro benzene ring substituents is 1. The smallest absolute Gasteiger partial charge is 0.269 e. The van der Waals surface area contributed by atoms with E-state index >= 15 is 0 Å². The number of hydrogen-bond acceptors (Lipinski definition) is 4. The lowest BCUT2D eigenvalue weighted by Crippen LogP contribution is -2.28. The maximum Gasteiger partial charge on any atom is 0.269 e. The molecule has 6 heteroatoms. The molecule has 2 aromatic rings. The Hall–Kier alpha value is -2.34. The van der Waals surface area contributed by atoms with Gasteiger partial charge >= 0.3 is 0 Å². The van der Waals surface area contributed by atoms with Gasteiger partial charge in [0, 0.05) is 31.0 Å². The number of rotatable bonds is 7. The molecule has 1 amide bonds. The number of carbonyl (C=O) groups excluding carboxylic acids is 1. The van der Waals surface area contributed by atoms with Crippen LogP contribution in [0.1, 0.15) is 28.9 Å². The third kappa shape index (κ3) is 5.32. The number of nitro benzene ring substituents is 1. The van der Waals surface area contributed by atoms with Crippen molar-refractivity contribution in [1.82, 2.24) is 4.90 Å². The standard InChI is InChI=1S/C19H22N2O3S/c1-14-7-4-5-8-17(14)12-20(3)19(22)13-25-15(2)16-9-6-10-18(11-16)21(23)24/h4-11,15H,12-13H2,1-3H3/t15-/m1/s1. The normalized spacial score (nSPS) is 11.8. The van der Waals surface area contributed by atoms with Crippen molar-refractivity contribution in [1.29, 1.82) is 0 Å². The summed E-state index contributed by atoms with van der Waals surface area (Å²) >= 11 is 1.49. The van der Waals surface area contributed by atoms with E-state index in [1.165, 1.54) is 23.4 Å². The number of thioether (sulfide) groups is 1. The molecule has 0 aliphatic rings. The van der Waals surface area contributed by atoms with Crippen molar-refractivity contribution in [2.45, 2.75) is 25.6 Å². The monoisotopic (exact) mass is 358 g/mol. The van der Waals surface area contributed by atoms with Gasteiger partial charge in [-0.3, -0.25) is 14.9 Å². The predicted molar refractivity (Wildman–Crippen MR) is 102 cm³/mol. The molecule has 5 nitrogen and oxygen atoms in total. The van der Waals surface area contributed by atoms with E-state index in [0.29, 0.717) is 12.3 Å². The van der Waals surface area contributed by atoms with Gasteiger partial charge in [0.25, 0.3) is 5.69 Å². The minimum Gasteiger partial charge on any atom is -0.341 e. The molecule has 0 fully saturated rings. The summed E-state index contributed by atoms with van der Waals surface area (Å²) in [7, 11) is 1.80. The molecule has 2 rings (SSSR count). The highest BCUT2D eigenvalue weighted by Crippen LogP contribution is 2.30. The Morgan fingerprint density at radius 2 is 1.96 bits per heavy atom. The number of benzene rings is 2. The molecule has 0 saturated carbocycles. The van der Waals surface area contributed by atoms with Crippen molar-refractivity contribution < 1.29 is 9.72 Å². The summed E-state index contributed by atoms with van der Waals surface area (Å²) in [4.78, 5) is 24.6. The molecule has 0 N–H and O–H groups in total. The van der Waals surface area contributed by atoms with Crippen LogP contribution in [0.5, 0.6) is 0 Å².